The van der Waals surface area contributed by atoms with Gasteiger partial charge in [0.05, 0.1) is 22.9 Å². The molecule has 1 aromatic carbocycles. The summed E-state index contributed by atoms with van der Waals surface area (Å²) in [4.78, 5) is 22.9. The zero-order valence-corrected chi connectivity index (χ0v) is 11.7. The van der Waals surface area contributed by atoms with Crippen LogP contribution in [0.1, 0.15) is 31.4 Å². The van der Waals surface area contributed by atoms with Crippen LogP contribution in [0.2, 0.25) is 5.02 Å². The van der Waals surface area contributed by atoms with Gasteiger partial charge in [0.25, 0.3) is 0 Å². The highest BCUT2D eigenvalue weighted by molar-refractivity contribution is 6.30. The van der Waals surface area contributed by atoms with E-state index >= 15 is 0 Å². The molecule has 108 valence electrons. The van der Waals surface area contributed by atoms with Crippen molar-refractivity contribution in [3.63, 3.8) is 0 Å². The SMILES string of the molecule is CC(NC(=O)C1CCC1C(=O)O)c1ccc(F)c(Cl)c1. The molecule has 0 aliphatic heterocycles. The maximum Gasteiger partial charge on any atom is 0.307 e. The molecule has 1 aliphatic rings. The molecule has 1 aliphatic carbocycles. The highest BCUT2D eigenvalue weighted by atomic mass is 35.5. The Kier molecular flexibility index (Phi) is 4.28. The van der Waals surface area contributed by atoms with Crippen molar-refractivity contribution < 1.29 is 19.1 Å². The molecule has 0 heterocycles. The topological polar surface area (TPSA) is 66.4 Å². The number of amides is 1. The Labute approximate surface area is 120 Å². The average molecular weight is 300 g/mol. The van der Waals surface area contributed by atoms with Crippen LogP contribution in [0.4, 0.5) is 4.39 Å². The summed E-state index contributed by atoms with van der Waals surface area (Å²) in [6.07, 6.45) is 1.11. The molecule has 1 saturated carbocycles. The smallest absolute Gasteiger partial charge is 0.307 e. The Morgan fingerprint density at radius 2 is 2.05 bits per heavy atom. The Hall–Kier alpha value is -1.62. The van der Waals surface area contributed by atoms with E-state index in [0.29, 0.717) is 18.4 Å². The number of halogens is 2. The lowest BCUT2D eigenvalue weighted by molar-refractivity contribution is -0.152. The van der Waals surface area contributed by atoms with Crippen molar-refractivity contribution in [2.75, 3.05) is 0 Å². The zero-order valence-electron chi connectivity index (χ0n) is 10.9. The second-order valence-corrected chi connectivity index (χ2v) is 5.44. The van der Waals surface area contributed by atoms with Gasteiger partial charge in [-0.1, -0.05) is 17.7 Å². The summed E-state index contributed by atoms with van der Waals surface area (Å²) in [5, 5.41) is 11.7. The van der Waals surface area contributed by atoms with E-state index in [2.05, 4.69) is 5.32 Å². The minimum atomic E-state index is -0.936. The summed E-state index contributed by atoms with van der Waals surface area (Å²) in [5.41, 5.74) is 0.677. The molecule has 0 aromatic heterocycles. The third-order valence-corrected chi connectivity index (χ3v) is 4.02. The van der Waals surface area contributed by atoms with Gasteiger partial charge in [-0.25, -0.2) is 4.39 Å². The predicted molar refractivity (Wildman–Crippen MR) is 71.8 cm³/mol. The molecule has 3 unspecified atom stereocenters. The van der Waals surface area contributed by atoms with Gasteiger partial charge in [-0.15, -0.1) is 0 Å². The molecule has 2 rings (SSSR count). The number of hydrogen-bond donors (Lipinski definition) is 2. The molecule has 1 fully saturated rings. The molecule has 20 heavy (non-hydrogen) atoms. The van der Waals surface area contributed by atoms with Crippen LogP contribution in [0.25, 0.3) is 0 Å². The number of hydrogen-bond acceptors (Lipinski definition) is 2. The number of carboxylic acids is 1. The number of nitrogens with one attached hydrogen (secondary N) is 1. The fourth-order valence-corrected chi connectivity index (χ4v) is 2.48. The van der Waals surface area contributed by atoms with Gasteiger partial charge in [-0.05, 0) is 37.5 Å². The summed E-state index contributed by atoms with van der Waals surface area (Å²) in [7, 11) is 0. The zero-order chi connectivity index (χ0) is 14.9. The van der Waals surface area contributed by atoms with Crippen LogP contribution in [-0.4, -0.2) is 17.0 Å². The summed E-state index contributed by atoms with van der Waals surface area (Å²) >= 11 is 5.69. The van der Waals surface area contributed by atoms with Crippen LogP contribution in [0.15, 0.2) is 18.2 Å². The first-order valence-corrected chi connectivity index (χ1v) is 6.76. The first-order valence-electron chi connectivity index (χ1n) is 6.38. The first-order chi connectivity index (χ1) is 9.40. The molecule has 0 spiro atoms. The second-order valence-electron chi connectivity index (χ2n) is 5.03. The molecule has 1 amide bonds. The highest BCUT2D eigenvalue weighted by Crippen LogP contribution is 2.35. The summed E-state index contributed by atoms with van der Waals surface area (Å²) < 4.78 is 13.1. The van der Waals surface area contributed by atoms with Gasteiger partial charge in [-0.3, -0.25) is 9.59 Å². The van der Waals surface area contributed by atoms with E-state index in [1.807, 2.05) is 0 Å². The maximum absolute atomic E-state index is 13.1. The van der Waals surface area contributed by atoms with Crippen LogP contribution < -0.4 is 5.32 Å². The van der Waals surface area contributed by atoms with Crippen molar-refractivity contribution in [2.45, 2.75) is 25.8 Å². The molecular formula is C14H15ClFNO3. The third kappa shape index (κ3) is 2.93. The minimum absolute atomic E-state index is 0.00402. The number of carbonyl (C=O) groups is 2. The van der Waals surface area contributed by atoms with E-state index in [1.54, 1.807) is 13.0 Å². The van der Waals surface area contributed by atoms with E-state index < -0.39 is 23.6 Å². The number of carboxylic acid groups (broad SMARTS) is 1. The Morgan fingerprint density at radius 1 is 1.40 bits per heavy atom. The monoisotopic (exact) mass is 299 g/mol. The molecule has 4 nitrogen and oxygen atoms in total. The van der Waals surface area contributed by atoms with Crippen LogP contribution in [0.5, 0.6) is 0 Å². The molecule has 1 aromatic rings. The van der Waals surface area contributed by atoms with Crippen molar-refractivity contribution >= 4 is 23.5 Å². The molecule has 2 N–H and O–H groups in total. The van der Waals surface area contributed by atoms with Gasteiger partial charge < -0.3 is 10.4 Å². The van der Waals surface area contributed by atoms with Gasteiger partial charge in [0, 0.05) is 0 Å². The summed E-state index contributed by atoms with van der Waals surface area (Å²) in [5.74, 6) is -2.81. The van der Waals surface area contributed by atoms with E-state index in [-0.39, 0.29) is 17.0 Å². The molecule has 0 bridgehead atoms. The fourth-order valence-electron chi connectivity index (χ4n) is 2.29. The third-order valence-electron chi connectivity index (χ3n) is 3.73. The van der Waals surface area contributed by atoms with E-state index in [4.69, 9.17) is 16.7 Å². The van der Waals surface area contributed by atoms with Gasteiger partial charge >= 0.3 is 5.97 Å². The van der Waals surface area contributed by atoms with Crippen LogP contribution in [0.3, 0.4) is 0 Å². The van der Waals surface area contributed by atoms with Crippen molar-refractivity contribution in [1.82, 2.24) is 5.32 Å². The molecule has 0 radical (unpaired) electrons. The van der Waals surface area contributed by atoms with Gasteiger partial charge in [0.1, 0.15) is 5.82 Å². The maximum atomic E-state index is 13.1. The molecule has 6 heteroatoms. The highest BCUT2D eigenvalue weighted by Gasteiger charge is 2.41. The van der Waals surface area contributed by atoms with Gasteiger partial charge in [0.2, 0.25) is 5.91 Å². The standard InChI is InChI=1S/C14H15ClFNO3/c1-7(8-2-5-12(16)11(15)6-8)17-13(18)9-3-4-10(9)14(19)20/h2,5-7,9-10H,3-4H2,1H3,(H,17,18)(H,19,20). The lowest BCUT2D eigenvalue weighted by atomic mass is 9.73. The van der Waals surface area contributed by atoms with Crippen molar-refractivity contribution in [3.8, 4) is 0 Å². The van der Waals surface area contributed by atoms with E-state index in [9.17, 15) is 14.0 Å². The largest absolute Gasteiger partial charge is 0.481 e. The summed E-state index contributed by atoms with van der Waals surface area (Å²) in [6, 6.07) is 3.89. The Bertz CT molecular complexity index is 549. The Morgan fingerprint density at radius 3 is 2.55 bits per heavy atom. The average Bonchev–Trinajstić information content (AvgIpc) is 2.30. The van der Waals surface area contributed by atoms with Crippen LogP contribution in [0, 0.1) is 17.7 Å². The first kappa shape index (κ1) is 14.8. The predicted octanol–water partition coefficient (Wildman–Crippen LogP) is 2.77. The van der Waals surface area contributed by atoms with Crippen molar-refractivity contribution in [1.29, 1.82) is 0 Å². The Balaban J connectivity index is 2.00. The van der Waals surface area contributed by atoms with Crippen LogP contribution >= 0.6 is 11.6 Å². The van der Waals surface area contributed by atoms with Gasteiger partial charge in [-0.2, -0.15) is 0 Å². The lowest BCUT2D eigenvalue weighted by Gasteiger charge is -2.33. The molecule has 3 atom stereocenters. The quantitative estimate of drug-likeness (QED) is 0.898. The minimum Gasteiger partial charge on any atom is -0.481 e. The molecular weight excluding hydrogens is 285 g/mol. The normalized spacial score (nSPS) is 22.8. The number of carbonyl (C=O) groups excluding carboxylic acids is 1. The van der Waals surface area contributed by atoms with Crippen molar-refractivity contribution in [3.05, 3.63) is 34.6 Å². The van der Waals surface area contributed by atoms with Crippen LogP contribution in [-0.2, 0) is 9.59 Å². The summed E-state index contributed by atoms with van der Waals surface area (Å²) in [6.45, 7) is 1.75. The fraction of sp³-hybridized carbons (Fsp3) is 0.429. The molecule has 0 saturated heterocycles. The van der Waals surface area contributed by atoms with Gasteiger partial charge in [0.15, 0.2) is 0 Å². The second kappa shape index (κ2) is 5.79. The van der Waals surface area contributed by atoms with E-state index in [0.717, 1.165) is 0 Å². The number of rotatable bonds is 4. The number of aliphatic carboxylic acids is 1. The van der Waals surface area contributed by atoms with E-state index in [1.165, 1.54) is 12.1 Å². The lowest BCUT2D eigenvalue weighted by Crippen LogP contribution is -2.44. The number of benzene rings is 1. The van der Waals surface area contributed by atoms with Crippen molar-refractivity contribution in [2.24, 2.45) is 11.8 Å².